The van der Waals surface area contributed by atoms with Crippen molar-refractivity contribution in [1.82, 2.24) is 9.97 Å². The first-order valence-corrected chi connectivity index (χ1v) is 9.70. The first-order valence-electron chi connectivity index (χ1n) is 9.70. The van der Waals surface area contributed by atoms with E-state index in [0.29, 0.717) is 28.1 Å². The molecule has 0 aliphatic carbocycles. The van der Waals surface area contributed by atoms with E-state index in [0.717, 1.165) is 17.3 Å². The van der Waals surface area contributed by atoms with Crippen molar-refractivity contribution in [3.05, 3.63) is 99.8 Å². The van der Waals surface area contributed by atoms with Crippen molar-refractivity contribution < 1.29 is 13.2 Å². The lowest BCUT2D eigenvalue weighted by Crippen LogP contribution is -2.20. The second-order valence-electron chi connectivity index (χ2n) is 7.28. The van der Waals surface area contributed by atoms with Crippen molar-refractivity contribution in [2.75, 3.05) is 4.90 Å². The van der Waals surface area contributed by atoms with E-state index in [1.54, 1.807) is 0 Å². The Morgan fingerprint density at radius 1 is 1.03 bits per heavy atom. The van der Waals surface area contributed by atoms with Crippen LogP contribution < -0.4 is 10.5 Å². The number of anilines is 2. The number of nitrogens with zero attached hydrogens (tertiary/aromatic N) is 2. The van der Waals surface area contributed by atoms with Gasteiger partial charge < -0.3 is 9.40 Å². The molecule has 5 nitrogen and oxygen atoms in total. The molecule has 0 radical (unpaired) electrons. The minimum absolute atomic E-state index is 0.162. The number of pyridine rings is 1. The van der Waals surface area contributed by atoms with Crippen molar-refractivity contribution in [2.45, 2.75) is 13.5 Å². The predicted octanol–water partition coefficient (Wildman–Crippen LogP) is 5.59. The molecule has 5 rings (SSSR count). The van der Waals surface area contributed by atoms with Crippen molar-refractivity contribution >= 4 is 33.7 Å². The van der Waals surface area contributed by atoms with Crippen LogP contribution in [0.4, 0.5) is 20.5 Å². The van der Waals surface area contributed by atoms with E-state index < -0.39 is 17.2 Å². The summed E-state index contributed by atoms with van der Waals surface area (Å²) in [7, 11) is 0. The number of aromatic nitrogens is 2. The maximum Gasteiger partial charge on any atom is 0.303 e. The van der Waals surface area contributed by atoms with Gasteiger partial charge in [-0.25, -0.2) is 8.78 Å². The van der Waals surface area contributed by atoms with Crippen molar-refractivity contribution in [3.63, 3.8) is 0 Å². The van der Waals surface area contributed by atoms with Crippen molar-refractivity contribution in [3.8, 4) is 0 Å². The molecule has 31 heavy (non-hydrogen) atoms. The Bertz CT molecular complexity index is 1460. The molecule has 7 heteroatoms. The van der Waals surface area contributed by atoms with Gasteiger partial charge in [-0.2, -0.15) is 4.98 Å². The lowest BCUT2D eigenvalue weighted by Gasteiger charge is -2.23. The first kappa shape index (κ1) is 19.0. The lowest BCUT2D eigenvalue weighted by atomic mass is 10.1. The van der Waals surface area contributed by atoms with Gasteiger partial charge in [-0.05, 0) is 48.4 Å². The molecule has 0 unspecified atom stereocenters. The Labute approximate surface area is 175 Å². The largest absolute Gasteiger partial charge is 0.423 e. The molecule has 0 aliphatic rings. The molecular formula is C24H17F2N3O2. The Kier molecular flexibility index (Phi) is 4.51. The summed E-state index contributed by atoms with van der Waals surface area (Å²) in [5, 5.41) is 0.410. The summed E-state index contributed by atoms with van der Waals surface area (Å²) >= 11 is 0. The highest BCUT2D eigenvalue weighted by Crippen LogP contribution is 2.33. The molecule has 1 N–H and O–H groups in total. The quantitative estimate of drug-likeness (QED) is 0.414. The average Bonchev–Trinajstić information content (AvgIpc) is 3.19. The smallest absolute Gasteiger partial charge is 0.303 e. The van der Waals surface area contributed by atoms with E-state index >= 15 is 0 Å². The van der Waals surface area contributed by atoms with Gasteiger partial charge in [0.2, 0.25) is 5.56 Å². The van der Waals surface area contributed by atoms with Gasteiger partial charge in [0.15, 0.2) is 17.2 Å². The third-order valence-electron chi connectivity index (χ3n) is 5.24. The highest BCUT2D eigenvalue weighted by Gasteiger charge is 2.21. The Morgan fingerprint density at radius 3 is 2.61 bits per heavy atom. The maximum absolute atomic E-state index is 14.4. The number of aromatic amines is 1. The number of aryl methyl sites for hydroxylation is 1. The number of halogens is 2. The summed E-state index contributed by atoms with van der Waals surface area (Å²) in [5.41, 5.74) is 2.95. The Morgan fingerprint density at radius 2 is 1.81 bits per heavy atom. The van der Waals surface area contributed by atoms with Gasteiger partial charge in [-0.1, -0.05) is 30.3 Å². The van der Waals surface area contributed by atoms with Crippen LogP contribution in [0.5, 0.6) is 0 Å². The highest BCUT2D eigenvalue weighted by molar-refractivity contribution is 5.83. The number of fused-ring (bicyclic) bond motifs is 2. The predicted molar refractivity (Wildman–Crippen MR) is 116 cm³/mol. The summed E-state index contributed by atoms with van der Waals surface area (Å²) in [6.07, 6.45) is 0. The lowest BCUT2D eigenvalue weighted by molar-refractivity contribution is 0.515. The minimum Gasteiger partial charge on any atom is -0.423 e. The van der Waals surface area contributed by atoms with Gasteiger partial charge in [0.1, 0.15) is 5.52 Å². The van der Waals surface area contributed by atoms with E-state index in [1.807, 2.05) is 60.4 Å². The fraction of sp³-hybridized carbons (Fsp3) is 0.0833. The molecule has 0 saturated heterocycles. The summed E-state index contributed by atoms with van der Waals surface area (Å²) in [6.45, 7) is 2.12. The van der Waals surface area contributed by atoms with Crippen molar-refractivity contribution in [1.29, 1.82) is 0 Å². The zero-order chi connectivity index (χ0) is 21.5. The van der Waals surface area contributed by atoms with Gasteiger partial charge in [-0.15, -0.1) is 0 Å². The van der Waals surface area contributed by atoms with Crippen LogP contribution in [0.2, 0.25) is 0 Å². The van der Waals surface area contributed by atoms with Gasteiger partial charge in [-0.3, -0.25) is 9.69 Å². The normalized spacial score (nSPS) is 11.3. The molecule has 2 heterocycles. The van der Waals surface area contributed by atoms with E-state index in [4.69, 9.17) is 4.42 Å². The van der Waals surface area contributed by atoms with E-state index in [1.165, 1.54) is 12.1 Å². The average molecular weight is 417 g/mol. The number of rotatable bonds is 4. The monoisotopic (exact) mass is 417 g/mol. The first-order chi connectivity index (χ1) is 15.0. The standard InChI is InChI=1S/C24H17F2N3O2/c1-14-6-2-4-8-19(14)29(24-27-18-7-3-5-9-20(18)31-24)13-15-12-21(30)28-23-16(15)10-11-17(25)22(23)26/h2-12H,13H2,1H3,(H,28,30). The molecule has 2 aromatic heterocycles. The molecule has 0 atom stereocenters. The fourth-order valence-corrected chi connectivity index (χ4v) is 3.73. The molecular weight excluding hydrogens is 400 g/mol. The molecule has 154 valence electrons. The molecule has 0 amide bonds. The van der Waals surface area contributed by atoms with Crippen LogP contribution in [-0.2, 0) is 6.54 Å². The summed E-state index contributed by atoms with van der Waals surface area (Å²) in [5.74, 6) is -2.10. The molecule has 0 fully saturated rings. The molecule has 3 aromatic carbocycles. The van der Waals surface area contributed by atoms with Crippen LogP contribution in [0.15, 0.2) is 75.9 Å². The zero-order valence-corrected chi connectivity index (χ0v) is 16.5. The van der Waals surface area contributed by atoms with Crippen LogP contribution in [0.1, 0.15) is 11.1 Å². The summed E-state index contributed by atoms with van der Waals surface area (Å²) in [4.78, 5) is 21.0. The van der Waals surface area contributed by atoms with E-state index in [9.17, 15) is 13.6 Å². The van der Waals surface area contributed by atoms with Gasteiger partial charge >= 0.3 is 6.01 Å². The SMILES string of the molecule is Cc1ccccc1N(Cc1cc(=O)[nH]c2c(F)c(F)ccc12)c1nc2ccccc2o1. The molecule has 0 bridgehead atoms. The molecule has 0 spiro atoms. The van der Waals surface area contributed by atoms with E-state index in [-0.39, 0.29) is 12.1 Å². The van der Waals surface area contributed by atoms with Crippen LogP contribution in [-0.4, -0.2) is 9.97 Å². The summed E-state index contributed by atoms with van der Waals surface area (Å²) < 4.78 is 34.1. The number of nitrogens with one attached hydrogen (secondary N) is 1. The van der Waals surface area contributed by atoms with Crippen LogP contribution in [0.3, 0.4) is 0 Å². The topological polar surface area (TPSA) is 62.1 Å². The van der Waals surface area contributed by atoms with Crippen LogP contribution >= 0.6 is 0 Å². The van der Waals surface area contributed by atoms with Gasteiger partial charge in [0, 0.05) is 17.1 Å². The fourth-order valence-electron chi connectivity index (χ4n) is 3.73. The maximum atomic E-state index is 14.4. The minimum atomic E-state index is -1.08. The third-order valence-corrected chi connectivity index (χ3v) is 5.24. The number of hydrogen-bond acceptors (Lipinski definition) is 4. The Balaban J connectivity index is 1.71. The molecule has 0 saturated carbocycles. The third kappa shape index (κ3) is 3.34. The number of para-hydroxylation sites is 3. The van der Waals surface area contributed by atoms with Gasteiger partial charge in [0.05, 0.1) is 12.1 Å². The highest BCUT2D eigenvalue weighted by atomic mass is 19.2. The zero-order valence-electron chi connectivity index (χ0n) is 16.5. The molecule has 0 aliphatic heterocycles. The van der Waals surface area contributed by atoms with Crippen LogP contribution in [0.25, 0.3) is 22.0 Å². The second-order valence-corrected chi connectivity index (χ2v) is 7.28. The molecule has 5 aromatic rings. The van der Waals surface area contributed by atoms with Crippen LogP contribution in [0, 0.1) is 18.6 Å². The Hall–Kier alpha value is -4.00. The number of benzene rings is 3. The van der Waals surface area contributed by atoms with E-state index in [2.05, 4.69) is 9.97 Å². The number of H-pyrrole nitrogens is 1. The number of hydrogen-bond donors (Lipinski definition) is 1. The number of oxazole rings is 1. The summed E-state index contributed by atoms with van der Waals surface area (Å²) in [6, 6.07) is 19.3. The van der Waals surface area contributed by atoms with Crippen molar-refractivity contribution in [2.24, 2.45) is 0 Å². The van der Waals surface area contributed by atoms with Gasteiger partial charge in [0.25, 0.3) is 0 Å². The second kappa shape index (κ2) is 7.36.